The number of para-hydroxylation sites is 1. The standard InChI is InChI=1S/C13H11FN2O2S/c1-19-11-5-3-2-4-10(11)16-12-9(13(17)18)6-8(14)7-15-12/h2-7H,1H3,(H,15,16)(H,17,18). The molecule has 19 heavy (non-hydrogen) atoms. The Labute approximate surface area is 113 Å². The summed E-state index contributed by atoms with van der Waals surface area (Å²) in [5, 5.41) is 12.0. The number of halogens is 1. The number of hydrogen-bond acceptors (Lipinski definition) is 4. The number of carbonyl (C=O) groups is 1. The van der Waals surface area contributed by atoms with E-state index in [1.54, 1.807) is 0 Å². The number of rotatable bonds is 4. The van der Waals surface area contributed by atoms with Crippen molar-refractivity contribution in [1.29, 1.82) is 0 Å². The second-order valence-corrected chi connectivity index (χ2v) is 4.53. The zero-order valence-corrected chi connectivity index (χ0v) is 10.9. The first kappa shape index (κ1) is 13.4. The van der Waals surface area contributed by atoms with E-state index in [9.17, 15) is 9.18 Å². The normalized spacial score (nSPS) is 10.2. The number of aromatic carboxylic acids is 1. The molecule has 1 heterocycles. The van der Waals surface area contributed by atoms with Crippen molar-refractivity contribution in [1.82, 2.24) is 4.98 Å². The van der Waals surface area contributed by atoms with Gasteiger partial charge < -0.3 is 10.4 Å². The Morgan fingerprint density at radius 3 is 2.84 bits per heavy atom. The molecule has 0 saturated carbocycles. The highest BCUT2D eigenvalue weighted by Gasteiger charge is 2.14. The van der Waals surface area contributed by atoms with E-state index in [4.69, 9.17) is 5.11 Å². The molecule has 98 valence electrons. The molecule has 0 aliphatic heterocycles. The molecule has 0 atom stereocenters. The fourth-order valence-corrected chi connectivity index (χ4v) is 2.13. The summed E-state index contributed by atoms with van der Waals surface area (Å²) < 4.78 is 13.0. The fraction of sp³-hybridized carbons (Fsp3) is 0.0769. The van der Waals surface area contributed by atoms with E-state index in [2.05, 4.69) is 10.3 Å². The molecule has 4 nitrogen and oxygen atoms in total. The highest BCUT2D eigenvalue weighted by molar-refractivity contribution is 7.98. The van der Waals surface area contributed by atoms with Crippen molar-refractivity contribution < 1.29 is 14.3 Å². The first-order valence-corrected chi connectivity index (χ1v) is 6.63. The van der Waals surface area contributed by atoms with Crippen molar-refractivity contribution in [2.75, 3.05) is 11.6 Å². The number of hydrogen-bond donors (Lipinski definition) is 2. The fourth-order valence-electron chi connectivity index (χ4n) is 1.58. The van der Waals surface area contributed by atoms with Crippen LogP contribution in [0.4, 0.5) is 15.9 Å². The molecular formula is C13H11FN2O2S. The third kappa shape index (κ3) is 3.03. The van der Waals surface area contributed by atoms with Crippen molar-refractivity contribution >= 4 is 29.2 Å². The van der Waals surface area contributed by atoms with E-state index < -0.39 is 11.8 Å². The molecule has 1 aromatic carbocycles. The average Bonchev–Trinajstić information content (AvgIpc) is 2.41. The lowest BCUT2D eigenvalue weighted by Crippen LogP contribution is -2.06. The molecule has 0 bridgehead atoms. The maximum atomic E-state index is 13.0. The predicted molar refractivity (Wildman–Crippen MR) is 72.7 cm³/mol. The number of pyridine rings is 1. The van der Waals surface area contributed by atoms with Crippen molar-refractivity contribution in [2.24, 2.45) is 0 Å². The van der Waals surface area contributed by atoms with Crippen LogP contribution in [0.1, 0.15) is 10.4 Å². The molecule has 2 aromatic rings. The van der Waals surface area contributed by atoms with Crippen LogP contribution in [-0.2, 0) is 0 Å². The van der Waals surface area contributed by atoms with E-state index in [1.807, 2.05) is 30.5 Å². The number of nitrogens with zero attached hydrogens (tertiary/aromatic N) is 1. The SMILES string of the molecule is CSc1ccccc1Nc1ncc(F)cc1C(=O)O. The van der Waals surface area contributed by atoms with Crippen LogP contribution in [0.3, 0.4) is 0 Å². The Morgan fingerprint density at radius 1 is 1.42 bits per heavy atom. The molecule has 2 rings (SSSR count). The molecule has 0 radical (unpaired) electrons. The number of carboxylic acids is 1. The van der Waals surface area contributed by atoms with Crippen LogP contribution in [0.25, 0.3) is 0 Å². The third-order valence-corrected chi connectivity index (χ3v) is 3.24. The van der Waals surface area contributed by atoms with E-state index in [-0.39, 0.29) is 11.4 Å². The molecular weight excluding hydrogens is 267 g/mol. The predicted octanol–water partition coefficient (Wildman–Crippen LogP) is 3.38. The molecule has 0 unspecified atom stereocenters. The number of carboxylic acid groups (broad SMARTS) is 1. The molecule has 0 aliphatic carbocycles. The molecule has 0 spiro atoms. The summed E-state index contributed by atoms with van der Waals surface area (Å²) in [5.74, 6) is -1.78. The Morgan fingerprint density at radius 2 is 2.16 bits per heavy atom. The minimum absolute atomic E-state index is 0.121. The van der Waals surface area contributed by atoms with Crippen LogP contribution in [0.5, 0.6) is 0 Å². The maximum absolute atomic E-state index is 13.0. The van der Waals surface area contributed by atoms with Crippen molar-refractivity contribution in [3.63, 3.8) is 0 Å². The van der Waals surface area contributed by atoms with E-state index >= 15 is 0 Å². The average molecular weight is 278 g/mol. The van der Waals surface area contributed by atoms with Gasteiger partial charge in [0.15, 0.2) is 0 Å². The smallest absolute Gasteiger partial charge is 0.339 e. The summed E-state index contributed by atoms with van der Waals surface area (Å²) in [6.07, 6.45) is 2.90. The van der Waals surface area contributed by atoms with Gasteiger partial charge in [-0.3, -0.25) is 0 Å². The number of aromatic nitrogens is 1. The second kappa shape index (κ2) is 5.71. The molecule has 0 aliphatic rings. The number of anilines is 2. The maximum Gasteiger partial charge on any atom is 0.339 e. The Bertz CT molecular complexity index is 619. The van der Waals surface area contributed by atoms with Crippen LogP contribution < -0.4 is 5.32 Å². The van der Waals surface area contributed by atoms with Crippen molar-refractivity contribution in [2.45, 2.75) is 4.90 Å². The zero-order chi connectivity index (χ0) is 13.8. The van der Waals surface area contributed by atoms with Gasteiger partial charge in [0.05, 0.1) is 11.9 Å². The molecule has 6 heteroatoms. The first-order valence-electron chi connectivity index (χ1n) is 5.40. The van der Waals surface area contributed by atoms with Gasteiger partial charge in [-0.05, 0) is 24.5 Å². The summed E-state index contributed by atoms with van der Waals surface area (Å²) in [6.45, 7) is 0. The monoisotopic (exact) mass is 278 g/mol. The van der Waals surface area contributed by atoms with Gasteiger partial charge in [0.25, 0.3) is 0 Å². The van der Waals surface area contributed by atoms with Gasteiger partial charge in [-0.15, -0.1) is 11.8 Å². The van der Waals surface area contributed by atoms with Crippen LogP contribution in [0.2, 0.25) is 0 Å². The Kier molecular flexibility index (Phi) is 4.01. The van der Waals surface area contributed by atoms with Crippen LogP contribution in [0.15, 0.2) is 41.4 Å². The highest BCUT2D eigenvalue weighted by atomic mass is 32.2. The summed E-state index contributed by atoms with van der Waals surface area (Å²) in [4.78, 5) is 15.8. The Hall–Kier alpha value is -2.08. The minimum atomic E-state index is -1.23. The van der Waals surface area contributed by atoms with Crippen molar-refractivity contribution in [3.8, 4) is 0 Å². The zero-order valence-electron chi connectivity index (χ0n) is 10.1. The van der Waals surface area contributed by atoms with Gasteiger partial charge in [0.2, 0.25) is 0 Å². The minimum Gasteiger partial charge on any atom is -0.478 e. The molecule has 0 fully saturated rings. The summed E-state index contributed by atoms with van der Waals surface area (Å²) >= 11 is 1.52. The molecule has 1 aromatic heterocycles. The highest BCUT2D eigenvalue weighted by Crippen LogP contribution is 2.28. The van der Waals surface area contributed by atoms with Crippen LogP contribution in [0, 0.1) is 5.82 Å². The Balaban J connectivity index is 2.41. The van der Waals surface area contributed by atoms with Crippen molar-refractivity contribution in [3.05, 3.63) is 47.9 Å². The number of benzene rings is 1. The van der Waals surface area contributed by atoms with Crippen LogP contribution >= 0.6 is 11.8 Å². The van der Waals surface area contributed by atoms with Gasteiger partial charge in [-0.25, -0.2) is 14.2 Å². The third-order valence-electron chi connectivity index (χ3n) is 2.44. The van der Waals surface area contributed by atoms with Gasteiger partial charge in [0, 0.05) is 4.90 Å². The lowest BCUT2D eigenvalue weighted by Gasteiger charge is -2.11. The van der Waals surface area contributed by atoms with E-state index in [0.29, 0.717) is 0 Å². The molecule has 0 amide bonds. The quantitative estimate of drug-likeness (QED) is 0.839. The van der Waals surface area contributed by atoms with Gasteiger partial charge >= 0.3 is 5.97 Å². The van der Waals surface area contributed by atoms with Gasteiger partial charge in [0.1, 0.15) is 17.2 Å². The van der Waals surface area contributed by atoms with E-state index in [0.717, 1.165) is 22.8 Å². The van der Waals surface area contributed by atoms with Gasteiger partial charge in [-0.2, -0.15) is 0 Å². The van der Waals surface area contributed by atoms with E-state index in [1.165, 1.54) is 11.8 Å². The molecule has 2 N–H and O–H groups in total. The summed E-state index contributed by atoms with van der Waals surface area (Å²) in [7, 11) is 0. The number of nitrogens with one attached hydrogen (secondary N) is 1. The lowest BCUT2D eigenvalue weighted by molar-refractivity contribution is 0.0697. The largest absolute Gasteiger partial charge is 0.478 e. The lowest BCUT2D eigenvalue weighted by atomic mass is 10.2. The molecule has 0 saturated heterocycles. The second-order valence-electron chi connectivity index (χ2n) is 3.68. The number of thioether (sulfide) groups is 1. The topological polar surface area (TPSA) is 62.2 Å². The van der Waals surface area contributed by atoms with Gasteiger partial charge in [-0.1, -0.05) is 12.1 Å². The summed E-state index contributed by atoms with van der Waals surface area (Å²) in [5.41, 5.74) is 0.535. The van der Waals surface area contributed by atoms with Crippen LogP contribution in [-0.4, -0.2) is 22.3 Å². The summed E-state index contributed by atoms with van der Waals surface area (Å²) in [6, 6.07) is 8.36. The first-order chi connectivity index (χ1) is 9.11.